The van der Waals surface area contributed by atoms with Crippen LogP contribution in [0.4, 0.5) is 0 Å². The van der Waals surface area contributed by atoms with Crippen LogP contribution in [0.3, 0.4) is 0 Å². The highest BCUT2D eigenvalue weighted by Gasteiger charge is 2.19. The summed E-state index contributed by atoms with van der Waals surface area (Å²) >= 11 is 0. The molecule has 0 radical (unpaired) electrons. The second-order valence-corrected chi connectivity index (χ2v) is 4.92. The normalized spacial score (nSPS) is 16.5. The van der Waals surface area contributed by atoms with E-state index in [2.05, 4.69) is 11.1 Å². The van der Waals surface area contributed by atoms with Gasteiger partial charge in [-0.3, -0.25) is 0 Å². The first-order valence-electron chi connectivity index (χ1n) is 6.63. The zero-order valence-electron chi connectivity index (χ0n) is 11.0. The summed E-state index contributed by atoms with van der Waals surface area (Å²) in [7, 11) is 0. The van der Waals surface area contributed by atoms with Crippen LogP contribution >= 0.6 is 0 Å². The number of nitrogens with zero attached hydrogens (tertiary/aromatic N) is 2. The first-order chi connectivity index (χ1) is 9.78. The molecule has 0 bridgehead atoms. The van der Waals surface area contributed by atoms with E-state index in [1.54, 1.807) is 12.3 Å². The van der Waals surface area contributed by atoms with E-state index in [0.717, 1.165) is 24.2 Å². The van der Waals surface area contributed by atoms with Crippen molar-refractivity contribution in [2.24, 2.45) is 5.73 Å². The van der Waals surface area contributed by atoms with E-state index < -0.39 is 0 Å². The largest absolute Gasteiger partial charge is 0.489 e. The number of fused-ring (bicyclic) bond motifs is 1. The number of aromatic nitrogens is 1. The molecule has 0 amide bonds. The summed E-state index contributed by atoms with van der Waals surface area (Å²) in [5.41, 5.74) is 9.71. The van der Waals surface area contributed by atoms with Crippen LogP contribution in [0.5, 0.6) is 5.75 Å². The third kappa shape index (κ3) is 2.36. The van der Waals surface area contributed by atoms with Gasteiger partial charge in [0.25, 0.3) is 0 Å². The summed E-state index contributed by atoms with van der Waals surface area (Å²) in [6.07, 6.45) is 3.61. The lowest BCUT2D eigenvalue weighted by Crippen LogP contribution is -2.05. The predicted octanol–water partition coefficient (Wildman–Crippen LogP) is 2.48. The SMILES string of the molecule is N#Cc1ncccc1COc1ccc2c(c1)CC[C@@H]2N. The Bertz CT molecular complexity index is 676. The fourth-order valence-electron chi connectivity index (χ4n) is 2.53. The molecule has 1 aromatic carbocycles. The van der Waals surface area contributed by atoms with Crippen molar-refractivity contribution >= 4 is 0 Å². The zero-order chi connectivity index (χ0) is 13.9. The molecular weight excluding hydrogens is 250 g/mol. The van der Waals surface area contributed by atoms with E-state index in [0.29, 0.717) is 12.3 Å². The Hall–Kier alpha value is -2.38. The van der Waals surface area contributed by atoms with Crippen molar-refractivity contribution in [2.45, 2.75) is 25.5 Å². The van der Waals surface area contributed by atoms with E-state index in [1.807, 2.05) is 24.3 Å². The predicted molar refractivity (Wildman–Crippen MR) is 75.0 cm³/mol. The summed E-state index contributed by atoms with van der Waals surface area (Å²) in [5.74, 6) is 0.811. The Kier molecular flexibility index (Phi) is 3.36. The Morgan fingerprint density at radius 2 is 2.30 bits per heavy atom. The number of nitrogens with two attached hydrogens (primary N) is 1. The highest BCUT2D eigenvalue weighted by molar-refractivity contribution is 5.40. The van der Waals surface area contributed by atoms with Gasteiger partial charge in [-0.2, -0.15) is 5.26 Å². The zero-order valence-corrected chi connectivity index (χ0v) is 11.0. The van der Waals surface area contributed by atoms with Gasteiger partial charge in [0.2, 0.25) is 0 Å². The van der Waals surface area contributed by atoms with Crippen LogP contribution in [0.2, 0.25) is 0 Å². The maximum absolute atomic E-state index is 8.99. The van der Waals surface area contributed by atoms with E-state index in [1.165, 1.54) is 11.1 Å². The molecular formula is C16H15N3O. The topological polar surface area (TPSA) is 71.9 Å². The van der Waals surface area contributed by atoms with Crippen LogP contribution in [-0.2, 0) is 13.0 Å². The van der Waals surface area contributed by atoms with Crippen LogP contribution in [0.25, 0.3) is 0 Å². The van der Waals surface area contributed by atoms with Crippen molar-refractivity contribution in [3.63, 3.8) is 0 Å². The van der Waals surface area contributed by atoms with E-state index in [9.17, 15) is 0 Å². The molecule has 4 heteroatoms. The van der Waals surface area contributed by atoms with Crippen molar-refractivity contribution in [1.29, 1.82) is 5.26 Å². The Morgan fingerprint density at radius 3 is 3.15 bits per heavy atom. The molecule has 20 heavy (non-hydrogen) atoms. The lowest BCUT2D eigenvalue weighted by atomic mass is 10.1. The van der Waals surface area contributed by atoms with Crippen molar-refractivity contribution in [3.05, 3.63) is 58.9 Å². The second kappa shape index (κ2) is 5.32. The molecule has 1 heterocycles. The van der Waals surface area contributed by atoms with Crippen LogP contribution in [0.15, 0.2) is 36.5 Å². The first-order valence-corrected chi connectivity index (χ1v) is 6.63. The molecule has 0 fully saturated rings. The van der Waals surface area contributed by atoms with Crippen LogP contribution in [0, 0.1) is 11.3 Å². The lowest BCUT2D eigenvalue weighted by Gasteiger charge is -2.10. The molecule has 4 nitrogen and oxygen atoms in total. The summed E-state index contributed by atoms with van der Waals surface area (Å²) in [4.78, 5) is 4.02. The fourth-order valence-corrected chi connectivity index (χ4v) is 2.53. The van der Waals surface area contributed by atoms with Gasteiger partial charge in [0.1, 0.15) is 24.1 Å². The Morgan fingerprint density at radius 1 is 1.40 bits per heavy atom. The molecule has 2 N–H and O–H groups in total. The summed E-state index contributed by atoms with van der Waals surface area (Å²) in [6.45, 7) is 0.349. The number of ether oxygens (including phenoxy) is 1. The van der Waals surface area contributed by atoms with Gasteiger partial charge in [-0.1, -0.05) is 12.1 Å². The van der Waals surface area contributed by atoms with Crippen molar-refractivity contribution in [1.82, 2.24) is 4.98 Å². The van der Waals surface area contributed by atoms with Crippen LogP contribution < -0.4 is 10.5 Å². The van der Waals surface area contributed by atoms with Gasteiger partial charge in [0.15, 0.2) is 0 Å². The monoisotopic (exact) mass is 265 g/mol. The molecule has 1 aliphatic rings. The standard InChI is InChI=1S/C16H15N3O/c17-9-16-12(2-1-7-19-16)10-20-13-4-5-14-11(8-13)3-6-15(14)18/h1-2,4-5,7-8,15H,3,6,10,18H2/t15-/m0/s1. The van der Waals surface area contributed by atoms with Gasteiger partial charge in [0, 0.05) is 17.8 Å². The Labute approximate surface area is 117 Å². The average molecular weight is 265 g/mol. The smallest absolute Gasteiger partial charge is 0.147 e. The molecule has 1 aromatic heterocycles. The average Bonchev–Trinajstić information content (AvgIpc) is 2.86. The minimum absolute atomic E-state index is 0.155. The van der Waals surface area contributed by atoms with Crippen molar-refractivity contribution in [3.8, 4) is 11.8 Å². The minimum Gasteiger partial charge on any atom is -0.489 e. The molecule has 1 aliphatic carbocycles. The molecule has 2 aromatic rings. The number of benzene rings is 1. The minimum atomic E-state index is 0.155. The fraction of sp³-hybridized carbons (Fsp3) is 0.250. The van der Waals surface area contributed by atoms with Gasteiger partial charge in [-0.25, -0.2) is 4.98 Å². The van der Waals surface area contributed by atoms with Gasteiger partial charge in [-0.05, 0) is 42.2 Å². The quantitative estimate of drug-likeness (QED) is 0.925. The van der Waals surface area contributed by atoms with E-state index in [-0.39, 0.29) is 6.04 Å². The molecule has 100 valence electrons. The number of hydrogen-bond acceptors (Lipinski definition) is 4. The maximum Gasteiger partial charge on any atom is 0.147 e. The number of pyridine rings is 1. The third-order valence-corrected chi connectivity index (χ3v) is 3.63. The highest BCUT2D eigenvalue weighted by Crippen LogP contribution is 2.32. The lowest BCUT2D eigenvalue weighted by molar-refractivity contribution is 0.305. The number of aryl methyl sites for hydroxylation is 1. The van der Waals surface area contributed by atoms with Crippen molar-refractivity contribution < 1.29 is 4.74 Å². The Balaban J connectivity index is 1.75. The van der Waals surface area contributed by atoms with Gasteiger partial charge in [-0.15, -0.1) is 0 Å². The second-order valence-electron chi connectivity index (χ2n) is 4.92. The third-order valence-electron chi connectivity index (χ3n) is 3.63. The molecule has 0 saturated heterocycles. The molecule has 0 spiro atoms. The first kappa shape index (κ1) is 12.6. The van der Waals surface area contributed by atoms with Gasteiger partial charge >= 0.3 is 0 Å². The van der Waals surface area contributed by atoms with E-state index in [4.69, 9.17) is 15.7 Å². The van der Waals surface area contributed by atoms with E-state index >= 15 is 0 Å². The molecule has 0 aliphatic heterocycles. The van der Waals surface area contributed by atoms with Crippen molar-refractivity contribution in [2.75, 3.05) is 0 Å². The maximum atomic E-state index is 8.99. The van der Waals surface area contributed by atoms with Crippen LogP contribution in [0.1, 0.15) is 34.8 Å². The molecule has 3 rings (SSSR count). The number of rotatable bonds is 3. The molecule has 1 atom stereocenters. The molecule has 0 saturated carbocycles. The number of nitriles is 1. The molecule has 0 unspecified atom stereocenters. The van der Waals surface area contributed by atoms with Crippen LogP contribution in [-0.4, -0.2) is 4.98 Å². The van der Waals surface area contributed by atoms with Gasteiger partial charge < -0.3 is 10.5 Å². The summed E-state index contributed by atoms with van der Waals surface area (Å²) < 4.78 is 5.76. The van der Waals surface area contributed by atoms with Gasteiger partial charge in [0.05, 0.1) is 0 Å². The number of hydrogen-bond donors (Lipinski definition) is 1. The highest BCUT2D eigenvalue weighted by atomic mass is 16.5. The summed E-state index contributed by atoms with van der Waals surface area (Å²) in [5, 5.41) is 8.99. The summed E-state index contributed by atoms with van der Waals surface area (Å²) in [6, 6.07) is 11.9.